The van der Waals surface area contributed by atoms with Crippen LogP contribution in [0.25, 0.3) is 21.8 Å². The van der Waals surface area contributed by atoms with Crippen LogP contribution in [-0.2, 0) is 0 Å². The molecule has 0 atom stereocenters. The lowest BCUT2D eigenvalue weighted by molar-refractivity contribution is 0.318. The zero-order valence-electron chi connectivity index (χ0n) is 10.9. The molecule has 0 amide bonds. The molecule has 0 aliphatic rings. The average Bonchev–Trinajstić information content (AvgIpc) is 2.83. The minimum absolute atomic E-state index is 0.0943. The van der Waals surface area contributed by atoms with Gasteiger partial charge in [-0.25, -0.2) is 4.39 Å². The van der Waals surface area contributed by atoms with E-state index in [4.69, 9.17) is 10.5 Å². The van der Waals surface area contributed by atoms with Gasteiger partial charge in [0, 0.05) is 28.9 Å². The van der Waals surface area contributed by atoms with Crippen LogP contribution < -0.4 is 10.5 Å². The van der Waals surface area contributed by atoms with Gasteiger partial charge in [-0.2, -0.15) is 0 Å². The van der Waals surface area contributed by atoms with Crippen LogP contribution >= 0.6 is 0 Å². The highest BCUT2D eigenvalue weighted by atomic mass is 19.1. The molecule has 102 valence electrons. The summed E-state index contributed by atoms with van der Waals surface area (Å²) >= 11 is 0. The molecule has 4 heteroatoms. The molecule has 3 N–H and O–H groups in total. The molecule has 1 heterocycles. The lowest BCUT2D eigenvalue weighted by atomic mass is 10.1. The van der Waals surface area contributed by atoms with E-state index in [1.54, 1.807) is 0 Å². The molecule has 0 unspecified atom stereocenters. The molecule has 0 saturated carbocycles. The zero-order valence-corrected chi connectivity index (χ0v) is 10.9. The van der Waals surface area contributed by atoms with Crippen molar-refractivity contribution in [3.63, 3.8) is 0 Å². The summed E-state index contributed by atoms with van der Waals surface area (Å²) < 4.78 is 18.6. The van der Waals surface area contributed by atoms with Gasteiger partial charge in [-0.15, -0.1) is 0 Å². The zero-order chi connectivity index (χ0) is 13.9. The van der Waals surface area contributed by atoms with Crippen molar-refractivity contribution >= 4 is 21.8 Å². The third kappa shape index (κ3) is 2.38. The van der Waals surface area contributed by atoms with Crippen LogP contribution in [0.5, 0.6) is 5.75 Å². The molecule has 1 aromatic heterocycles. The second-order valence-electron chi connectivity index (χ2n) is 4.55. The van der Waals surface area contributed by atoms with E-state index in [-0.39, 0.29) is 19.0 Å². The van der Waals surface area contributed by atoms with Gasteiger partial charge in [0.15, 0.2) is 0 Å². The third-order valence-electron chi connectivity index (χ3n) is 3.19. The van der Waals surface area contributed by atoms with Crippen LogP contribution in [0, 0.1) is 0 Å². The number of hydrogen-bond donors (Lipinski definition) is 2. The van der Waals surface area contributed by atoms with Crippen molar-refractivity contribution in [3.8, 4) is 5.75 Å². The van der Waals surface area contributed by atoms with Crippen molar-refractivity contribution in [1.29, 1.82) is 0 Å². The number of rotatable bonds is 4. The maximum absolute atomic E-state index is 13.2. The molecule has 3 aromatic rings. The van der Waals surface area contributed by atoms with Gasteiger partial charge >= 0.3 is 0 Å². The first-order valence-electron chi connectivity index (χ1n) is 6.46. The van der Waals surface area contributed by atoms with E-state index in [9.17, 15) is 4.39 Å². The topological polar surface area (TPSA) is 51.0 Å². The summed E-state index contributed by atoms with van der Waals surface area (Å²) in [6, 6.07) is 13.8. The van der Waals surface area contributed by atoms with Crippen molar-refractivity contribution in [3.05, 3.63) is 54.4 Å². The Bertz CT molecular complexity index is 776. The van der Waals surface area contributed by atoms with Crippen LogP contribution in [0.4, 0.5) is 4.39 Å². The summed E-state index contributed by atoms with van der Waals surface area (Å²) in [5.74, 6) is 0.272. The van der Waals surface area contributed by atoms with E-state index in [1.807, 2.05) is 36.4 Å². The summed E-state index contributed by atoms with van der Waals surface area (Å²) in [6.45, 7) is 0.0825. The third-order valence-corrected chi connectivity index (χ3v) is 3.19. The van der Waals surface area contributed by atoms with Gasteiger partial charge in [-0.1, -0.05) is 18.2 Å². The number of fused-ring (bicyclic) bond motifs is 3. The van der Waals surface area contributed by atoms with Gasteiger partial charge < -0.3 is 15.5 Å². The number of halogens is 1. The van der Waals surface area contributed by atoms with Gasteiger partial charge in [0.1, 0.15) is 18.2 Å². The standard InChI is InChI=1S/C16H15FN2O/c17-11(7-8-18)10-20-12-5-6-14-13-3-1-2-4-15(13)19-16(14)9-12/h1-7,9,19H,8,10,18H2/b11-7+. The van der Waals surface area contributed by atoms with Crippen molar-refractivity contribution in [2.24, 2.45) is 5.73 Å². The van der Waals surface area contributed by atoms with E-state index < -0.39 is 0 Å². The molecule has 0 aliphatic heterocycles. The van der Waals surface area contributed by atoms with Gasteiger partial charge in [-0.3, -0.25) is 0 Å². The number of para-hydroxylation sites is 1. The lowest BCUT2D eigenvalue weighted by Gasteiger charge is -2.04. The maximum atomic E-state index is 13.2. The monoisotopic (exact) mass is 270 g/mol. The second-order valence-corrected chi connectivity index (χ2v) is 4.55. The number of nitrogens with one attached hydrogen (secondary N) is 1. The molecule has 0 aliphatic carbocycles. The molecule has 3 rings (SSSR count). The highest BCUT2D eigenvalue weighted by Crippen LogP contribution is 2.28. The van der Waals surface area contributed by atoms with Crippen LogP contribution in [0.3, 0.4) is 0 Å². The van der Waals surface area contributed by atoms with Crippen molar-refractivity contribution in [2.75, 3.05) is 13.2 Å². The van der Waals surface area contributed by atoms with E-state index >= 15 is 0 Å². The number of aromatic amines is 1. The Morgan fingerprint density at radius 1 is 1.15 bits per heavy atom. The van der Waals surface area contributed by atoms with E-state index in [2.05, 4.69) is 11.1 Å². The smallest absolute Gasteiger partial charge is 0.139 e. The van der Waals surface area contributed by atoms with Crippen LogP contribution in [0.2, 0.25) is 0 Å². The first-order chi connectivity index (χ1) is 9.78. The summed E-state index contributed by atoms with van der Waals surface area (Å²) in [6.07, 6.45) is 1.31. The SMILES string of the molecule is NC/C=C(/F)COc1ccc2c(c1)[nH]c1ccccc12. The Labute approximate surface area is 115 Å². The molecule has 2 aromatic carbocycles. The fourth-order valence-corrected chi connectivity index (χ4v) is 2.26. The van der Waals surface area contributed by atoms with Gasteiger partial charge in [0.2, 0.25) is 0 Å². The fraction of sp³-hybridized carbons (Fsp3) is 0.125. The normalized spacial score (nSPS) is 12.2. The number of H-pyrrole nitrogens is 1. The highest BCUT2D eigenvalue weighted by molar-refractivity contribution is 6.07. The number of ether oxygens (including phenoxy) is 1. The first kappa shape index (κ1) is 12.7. The van der Waals surface area contributed by atoms with Crippen molar-refractivity contribution in [1.82, 2.24) is 4.98 Å². The predicted octanol–water partition coefficient (Wildman–Crippen LogP) is 3.51. The molecular weight excluding hydrogens is 255 g/mol. The Morgan fingerprint density at radius 3 is 2.80 bits per heavy atom. The predicted molar refractivity (Wildman–Crippen MR) is 79.5 cm³/mol. The van der Waals surface area contributed by atoms with E-state index in [0.717, 1.165) is 16.4 Å². The molecule has 0 spiro atoms. The molecule has 20 heavy (non-hydrogen) atoms. The number of hydrogen-bond acceptors (Lipinski definition) is 2. The van der Waals surface area contributed by atoms with E-state index in [1.165, 1.54) is 11.5 Å². The lowest BCUT2D eigenvalue weighted by Crippen LogP contribution is -2.01. The number of benzene rings is 2. The van der Waals surface area contributed by atoms with Gasteiger partial charge in [-0.05, 0) is 24.3 Å². The molecule has 3 nitrogen and oxygen atoms in total. The van der Waals surface area contributed by atoms with Crippen molar-refractivity contribution < 1.29 is 9.13 Å². The Morgan fingerprint density at radius 2 is 1.95 bits per heavy atom. The molecule has 0 saturated heterocycles. The first-order valence-corrected chi connectivity index (χ1v) is 6.46. The van der Waals surface area contributed by atoms with Gasteiger partial charge in [0.25, 0.3) is 0 Å². The largest absolute Gasteiger partial charge is 0.486 e. The summed E-state index contributed by atoms with van der Waals surface area (Å²) in [7, 11) is 0. The van der Waals surface area contributed by atoms with Gasteiger partial charge in [0.05, 0.1) is 5.52 Å². The second kappa shape index (κ2) is 5.35. The summed E-state index contributed by atoms with van der Waals surface area (Å²) in [4.78, 5) is 3.32. The van der Waals surface area contributed by atoms with Crippen LogP contribution in [0.1, 0.15) is 0 Å². The van der Waals surface area contributed by atoms with Crippen LogP contribution in [0.15, 0.2) is 54.4 Å². The minimum Gasteiger partial charge on any atom is -0.486 e. The average molecular weight is 270 g/mol. The van der Waals surface area contributed by atoms with E-state index in [0.29, 0.717) is 5.75 Å². The molecule has 0 fully saturated rings. The number of aromatic nitrogens is 1. The van der Waals surface area contributed by atoms with Crippen molar-refractivity contribution in [2.45, 2.75) is 0 Å². The van der Waals surface area contributed by atoms with Crippen LogP contribution in [-0.4, -0.2) is 18.1 Å². The maximum Gasteiger partial charge on any atom is 0.139 e. The quantitative estimate of drug-likeness (QED) is 0.762. The Hall–Kier alpha value is -2.33. The highest BCUT2D eigenvalue weighted by Gasteiger charge is 2.05. The Balaban J connectivity index is 1.91. The number of nitrogens with two attached hydrogens (primary N) is 1. The Kier molecular flexibility index (Phi) is 3.39. The molecule has 0 radical (unpaired) electrons. The summed E-state index contributed by atoms with van der Waals surface area (Å²) in [5, 5.41) is 2.30. The minimum atomic E-state index is -0.357. The summed E-state index contributed by atoms with van der Waals surface area (Å²) in [5.41, 5.74) is 7.30. The molecular formula is C16H15FN2O. The fourth-order valence-electron chi connectivity index (χ4n) is 2.26. The molecule has 0 bridgehead atoms.